The van der Waals surface area contributed by atoms with Gasteiger partial charge in [0.15, 0.2) is 0 Å². The van der Waals surface area contributed by atoms with Gasteiger partial charge in [-0.15, -0.1) is 0 Å². The number of aldehydes is 1. The highest BCUT2D eigenvalue weighted by Gasteiger charge is 2.45. The van der Waals surface area contributed by atoms with Crippen LogP contribution in [0.5, 0.6) is 0 Å². The molecule has 0 radical (unpaired) electrons. The molecule has 3 heteroatoms. The molecular weight excluding hydrogens is 186 g/mol. The molecule has 0 amide bonds. The van der Waals surface area contributed by atoms with E-state index in [1.54, 1.807) is 0 Å². The fraction of sp³-hybridized carbons (Fsp3) is 0.909. The molecule has 0 saturated heterocycles. The zero-order valence-corrected chi connectivity index (χ0v) is 8.27. The van der Waals surface area contributed by atoms with Gasteiger partial charge in [0.2, 0.25) is 5.92 Å². The quantitative estimate of drug-likeness (QED) is 0.642. The van der Waals surface area contributed by atoms with E-state index in [2.05, 4.69) is 0 Å². The van der Waals surface area contributed by atoms with E-state index < -0.39 is 5.92 Å². The Morgan fingerprint density at radius 1 is 1.29 bits per heavy atom. The van der Waals surface area contributed by atoms with Gasteiger partial charge in [0.1, 0.15) is 6.29 Å². The predicted molar refractivity (Wildman–Crippen MR) is 49.3 cm³/mol. The van der Waals surface area contributed by atoms with E-state index in [1.807, 2.05) is 0 Å². The summed E-state index contributed by atoms with van der Waals surface area (Å²) in [6.45, 7) is 0. The van der Waals surface area contributed by atoms with Crippen molar-refractivity contribution in [1.82, 2.24) is 0 Å². The zero-order chi connectivity index (χ0) is 10.2. The fourth-order valence-electron chi connectivity index (χ4n) is 2.79. The highest BCUT2D eigenvalue weighted by atomic mass is 19.3. The van der Waals surface area contributed by atoms with Gasteiger partial charge in [0.05, 0.1) is 0 Å². The molecule has 2 fully saturated rings. The molecule has 1 nitrogen and oxygen atoms in total. The van der Waals surface area contributed by atoms with E-state index in [-0.39, 0.29) is 24.2 Å². The molecule has 1 unspecified atom stereocenters. The van der Waals surface area contributed by atoms with E-state index in [4.69, 9.17) is 0 Å². The van der Waals surface area contributed by atoms with Crippen LogP contribution in [0.15, 0.2) is 0 Å². The molecule has 0 N–H and O–H groups in total. The SMILES string of the molecule is O=CC1(CC2CCC(F)(F)C2)CCC1. The summed E-state index contributed by atoms with van der Waals surface area (Å²) in [5.41, 5.74) is -0.217. The van der Waals surface area contributed by atoms with Gasteiger partial charge in [-0.3, -0.25) is 0 Å². The molecule has 2 aliphatic rings. The normalized spacial score (nSPS) is 33.7. The van der Waals surface area contributed by atoms with Crippen LogP contribution in [0.4, 0.5) is 8.78 Å². The molecule has 0 aromatic heterocycles. The second-order valence-electron chi connectivity index (χ2n) is 5.00. The second-order valence-corrected chi connectivity index (χ2v) is 5.00. The average Bonchev–Trinajstić information content (AvgIpc) is 2.38. The Morgan fingerprint density at radius 3 is 2.36 bits per heavy atom. The van der Waals surface area contributed by atoms with Crippen molar-refractivity contribution < 1.29 is 13.6 Å². The minimum atomic E-state index is -2.46. The largest absolute Gasteiger partial charge is 0.303 e. The van der Waals surface area contributed by atoms with Crippen LogP contribution in [0.1, 0.15) is 44.9 Å². The van der Waals surface area contributed by atoms with Crippen molar-refractivity contribution in [1.29, 1.82) is 0 Å². The number of hydrogen-bond donors (Lipinski definition) is 0. The van der Waals surface area contributed by atoms with Crippen molar-refractivity contribution in [2.75, 3.05) is 0 Å². The van der Waals surface area contributed by atoms with Crippen molar-refractivity contribution in [2.24, 2.45) is 11.3 Å². The number of hydrogen-bond acceptors (Lipinski definition) is 1. The Balaban J connectivity index is 1.89. The van der Waals surface area contributed by atoms with E-state index >= 15 is 0 Å². The third kappa shape index (κ3) is 1.82. The maximum atomic E-state index is 12.9. The zero-order valence-electron chi connectivity index (χ0n) is 8.27. The van der Waals surface area contributed by atoms with Crippen LogP contribution >= 0.6 is 0 Å². The van der Waals surface area contributed by atoms with Crippen molar-refractivity contribution >= 4 is 6.29 Å². The standard InChI is InChI=1S/C11H16F2O/c12-11(13)5-2-9(7-11)6-10(8-14)3-1-4-10/h8-9H,1-7H2. The Labute approximate surface area is 82.9 Å². The number of carbonyl (C=O) groups is 1. The van der Waals surface area contributed by atoms with Gasteiger partial charge in [-0.05, 0) is 31.6 Å². The first-order valence-corrected chi connectivity index (χ1v) is 5.39. The summed E-state index contributed by atoms with van der Waals surface area (Å²) in [6, 6.07) is 0. The first-order valence-electron chi connectivity index (χ1n) is 5.39. The van der Waals surface area contributed by atoms with Crippen molar-refractivity contribution in [3.05, 3.63) is 0 Å². The lowest BCUT2D eigenvalue weighted by Crippen LogP contribution is -2.33. The van der Waals surface area contributed by atoms with Crippen molar-refractivity contribution in [3.63, 3.8) is 0 Å². The lowest BCUT2D eigenvalue weighted by atomic mass is 9.65. The van der Waals surface area contributed by atoms with Gasteiger partial charge in [0.25, 0.3) is 0 Å². The summed E-state index contributed by atoms with van der Waals surface area (Å²) in [5.74, 6) is -2.38. The minimum Gasteiger partial charge on any atom is -0.303 e. The molecular formula is C11H16F2O. The molecule has 0 heterocycles. The van der Waals surface area contributed by atoms with Gasteiger partial charge in [0, 0.05) is 18.3 Å². The molecule has 2 rings (SSSR count). The summed E-state index contributed by atoms with van der Waals surface area (Å²) in [5, 5.41) is 0. The molecule has 80 valence electrons. The van der Waals surface area contributed by atoms with Crippen LogP contribution in [-0.2, 0) is 4.79 Å². The van der Waals surface area contributed by atoms with E-state index in [0.29, 0.717) is 12.8 Å². The molecule has 0 spiro atoms. The van der Waals surface area contributed by atoms with Gasteiger partial charge >= 0.3 is 0 Å². The smallest absolute Gasteiger partial charge is 0.248 e. The van der Waals surface area contributed by atoms with Crippen LogP contribution in [0, 0.1) is 11.3 Å². The summed E-state index contributed by atoms with van der Waals surface area (Å²) in [7, 11) is 0. The number of halogens is 2. The van der Waals surface area contributed by atoms with Crippen molar-refractivity contribution in [3.8, 4) is 0 Å². The molecule has 1 atom stereocenters. The van der Waals surface area contributed by atoms with Crippen LogP contribution < -0.4 is 0 Å². The van der Waals surface area contributed by atoms with Crippen LogP contribution in [-0.4, -0.2) is 12.2 Å². The molecule has 0 aromatic rings. The maximum absolute atomic E-state index is 12.9. The molecule has 0 bridgehead atoms. The third-order valence-electron chi connectivity index (χ3n) is 3.80. The topological polar surface area (TPSA) is 17.1 Å². The Hall–Kier alpha value is -0.470. The summed E-state index contributed by atoms with van der Waals surface area (Å²) in [4.78, 5) is 10.9. The van der Waals surface area contributed by atoms with E-state index in [0.717, 1.165) is 25.5 Å². The van der Waals surface area contributed by atoms with Crippen LogP contribution in [0.25, 0.3) is 0 Å². The van der Waals surface area contributed by atoms with Gasteiger partial charge < -0.3 is 4.79 Å². The van der Waals surface area contributed by atoms with Crippen LogP contribution in [0.2, 0.25) is 0 Å². The second kappa shape index (κ2) is 3.28. The number of alkyl halides is 2. The summed E-state index contributed by atoms with van der Waals surface area (Å²) in [6.07, 6.45) is 5.25. The Morgan fingerprint density at radius 2 is 2.00 bits per heavy atom. The molecule has 2 saturated carbocycles. The van der Waals surface area contributed by atoms with Crippen LogP contribution in [0.3, 0.4) is 0 Å². The average molecular weight is 202 g/mol. The Bertz CT molecular complexity index is 233. The summed E-state index contributed by atoms with van der Waals surface area (Å²) >= 11 is 0. The molecule has 14 heavy (non-hydrogen) atoms. The maximum Gasteiger partial charge on any atom is 0.248 e. The monoisotopic (exact) mass is 202 g/mol. The number of rotatable bonds is 3. The first kappa shape index (κ1) is 10.1. The lowest BCUT2D eigenvalue weighted by Gasteiger charge is -2.38. The van der Waals surface area contributed by atoms with E-state index in [9.17, 15) is 13.6 Å². The number of carbonyl (C=O) groups excluding carboxylic acids is 1. The Kier molecular flexibility index (Phi) is 2.36. The van der Waals surface area contributed by atoms with Crippen molar-refractivity contribution in [2.45, 2.75) is 50.9 Å². The molecule has 2 aliphatic carbocycles. The summed E-state index contributed by atoms with van der Waals surface area (Å²) < 4.78 is 25.8. The first-order chi connectivity index (χ1) is 6.55. The highest BCUT2D eigenvalue weighted by molar-refractivity contribution is 5.60. The van der Waals surface area contributed by atoms with Gasteiger partial charge in [-0.1, -0.05) is 6.42 Å². The third-order valence-corrected chi connectivity index (χ3v) is 3.80. The molecule has 0 aromatic carbocycles. The minimum absolute atomic E-state index is 0.00257. The lowest BCUT2D eigenvalue weighted by molar-refractivity contribution is -0.122. The van der Waals surface area contributed by atoms with Gasteiger partial charge in [-0.2, -0.15) is 0 Å². The molecule has 0 aliphatic heterocycles. The highest BCUT2D eigenvalue weighted by Crippen LogP contribution is 2.49. The van der Waals surface area contributed by atoms with Gasteiger partial charge in [-0.25, -0.2) is 8.78 Å². The predicted octanol–water partition coefficient (Wildman–Crippen LogP) is 3.18. The van der Waals surface area contributed by atoms with E-state index in [1.165, 1.54) is 0 Å². The fourth-order valence-corrected chi connectivity index (χ4v) is 2.79.